The number of nitrogens with one attached hydrogen (secondary N) is 1. The van der Waals surface area contributed by atoms with Gasteiger partial charge in [-0.3, -0.25) is 14.2 Å². The van der Waals surface area contributed by atoms with Gasteiger partial charge in [-0.1, -0.05) is 0 Å². The molecule has 0 unspecified atom stereocenters. The molecule has 1 aliphatic heterocycles. The van der Waals surface area contributed by atoms with E-state index >= 15 is 4.39 Å². The first-order valence-corrected chi connectivity index (χ1v) is 11.8. The van der Waals surface area contributed by atoms with Gasteiger partial charge in [0.15, 0.2) is 6.29 Å². The first-order valence-electron chi connectivity index (χ1n) is 11.8. The summed E-state index contributed by atoms with van der Waals surface area (Å²) in [4.78, 5) is 39.3. The smallest absolute Gasteiger partial charge is 0.335 e. The fourth-order valence-corrected chi connectivity index (χ4v) is 3.88. The lowest BCUT2D eigenvalue weighted by molar-refractivity contribution is -0.0914. The van der Waals surface area contributed by atoms with Gasteiger partial charge in [-0.05, 0) is 84.0 Å². The highest BCUT2D eigenvalue weighted by atomic mass is 19.1. The third kappa shape index (κ3) is 4.86. The maximum atomic E-state index is 15.0. The molecule has 1 saturated heterocycles. The normalized spacial score (nSPS) is 16.8. The van der Waals surface area contributed by atoms with Gasteiger partial charge in [0, 0.05) is 23.5 Å². The van der Waals surface area contributed by atoms with Crippen molar-refractivity contribution in [2.24, 2.45) is 0 Å². The largest absolute Gasteiger partial charge is 0.339 e. The Hall–Kier alpha value is -3.63. The van der Waals surface area contributed by atoms with Crippen LogP contribution in [0.2, 0.25) is 0 Å². The molecule has 3 aromatic rings. The predicted molar refractivity (Wildman–Crippen MR) is 134 cm³/mol. The van der Waals surface area contributed by atoms with Crippen molar-refractivity contribution in [1.29, 1.82) is 0 Å². The number of rotatable bonds is 5. The van der Waals surface area contributed by atoms with Crippen LogP contribution in [0.3, 0.4) is 0 Å². The molecule has 1 amide bonds. The van der Waals surface area contributed by atoms with Crippen LogP contribution in [-0.4, -0.2) is 26.2 Å². The van der Waals surface area contributed by atoms with Crippen molar-refractivity contribution in [2.75, 3.05) is 5.32 Å². The van der Waals surface area contributed by atoms with Gasteiger partial charge in [0.25, 0.3) is 11.5 Å². The van der Waals surface area contributed by atoms with Gasteiger partial charge in [0.2, 0.25) is 0 Å². The van der Waals surface area contributed by atoms with E-state index in [2.05, 4.69) is 5.32 Å². The Kier molecular flexibility index (Phi) is 6.68. The van der Waals surface area contributed by atoms with E-state index in [1.54, 1.807) is 13.8 Å². The number of ether oxygens (including phenoxy) is 2. The van der Waals surface area contributed by atoms with E-state index in [9.17, 15) is 18.8 Å². The first-order chi connectivity index (χ1) is 17.2. The van der Waals surface area contributed by atoms with Gasteiger partial charge in [-0.2, -0.15) is 0 Å². The molecule has 1 aromatic heterocycles. The number of amides is 1. The van der Waals surface area contributed by atoms with Crippen molar-refractivity contribution in [2.45, 2.75) is 65.1 Å². The zero-order valence-electron chi connectivity index (χ0n) is 21.5. The molecule has 0 bridgehead atoms. The Morgan fingerprint density at radius 3 is 2.11 bits per heavy atom. The second kappa shape index (κ2) is 9.35. The molecule has 0 radical (unpaired) electrons. The molecule has 2 heterocycles. The van der Waals surface area contributed by atoms with E-state index < -0.39 is 46.3 Å². The molecule has 8 nitrogen and oxygen atoms in total. The van der Waals surface area contributed by atoms with Crippen LogP contribution < -0.4 is 16.6 Å². The van der Waals surface area contributed by atoms with E-state index in [0.717, 1.165) is 22.8 Å². The molecule has 1 fully saturated rings. The summed E-state index contributed by atoms with van der Waals surface area (Å²) in [6.07, 6.45) is 0.243. The molecule has 196 valence electrons. The molecule has 4 rings (SSSR count). The van der Waals surface area contributed by atoms with Crippen LogP contribution in [0.25, 0.3) is 5.69 Å². The number of nitrogens with zero attached hydrogens (tertiary/aromatic N) is 2. The summed E-state index contributed by atoms with van der Waals surface area (Å²) in [7, 11) is 0. The second-order valence-electron chi connectivity index (χ2n) is 10.2. The Bertz CT molecular complexity index is 1460. The molecule has 0 saturated carbocycles. The van der Waals surface area contributed by atoms with Gasteiger partial charge < -0.3 is 14.8 Å². The zero-order chi connectivity index (χ0) is 27.3. The van der Waals surface area contributed by atoms with Crippen LogP contribution >= 0.6 is 0 Å². The number of benzene rings is 2. The zero-order valence-corrected chi connectivity index (χ0v) is 21.5. The molecule has 0 spiro atoms. The third-order valence-corrected chi connectivity index (χ3v) is 6.77. The summed E-state index contributed by atoms with van der Waals surface area (Å²) in [5, 5.41) is 2.51. The fraction of sp³-hybridized carbons (Fsp3) is 0.370. The molecular weight excluding hydrogens is 484 g/mol. The summed E-state index contributed by atoms with van der Waals surface area (Å²) in [6, 6.07) is 8.40. The van der Waals surface area contributed by atoms with Crippen LogP contribution in [-0.2, 0) is 9.47 Å². The third-order valence-electron chi connectivity index (χ3n) is 6.77. The number of carbonyl (C=O) groups excluding carboxylic acids is 1. The molecular formula is C27H29F2N3O5. The Morgan fingerprint density at radius 2 is 1.57 bits per heavy atom. The molecule has 0 atom stereocenters. The number of halogens is 2. The molecule has 10 heteroatoms. The highest BCUT2D eigenvalue weighted by molar-refractivity contribution is 6.03. The van der Waals surface area contributed by atoms with Crippen molar-refractivity contribution < 1.29 is 23.0 Å². The maximum absolute atomic E-state index is 15.0. The van der Waals surface area contributed by atoms with Gasteiger partial charge in [0.1, 0.15) is 17.2 Å². The Balaban J connectivity index is 1.67. The SMILES string of the molecule is CC(C)n1cc(C(=O)Nc2ccc(C3OC(C)(C)C(C)(C)O3)c(F)c2)c(=O)n(-c2ccc(F)cc2)c1=O. The number of hydrogen-bond donors (Lipinski definition) is 1. The summed E-state index contributed by atoms with van der Waals surface area (Å²) in [5.41, 5.74) is -2.84. The van der Waals surface area contributed by atoms with Crippen molar-refractivity contribution >= 4 is 11.6 Å². The summed E-state index contributed by atoms with van der Waals surface area (Å²) < 4.78 is 42.3. The highest BCUT2D eigenvalue weighted by Crippen LogP contribution is 2.45. The van der Waals surface area contributed by atoms with Crippen molar-refractivity contribution in [3.05, 3.63) is 92.3 Å². The van der Waals surface area contributed by atoms with E-state index in [4.69, 9.17) is 9.47 Å². The van der Waals surface area contributed by atoms with Gasteiger partial charge in [0.05, 0.1) is 16.9 Å². The average molecular weight is 514 g/mol. The van der Waals surface area contributed by atoms with E-state index in [0.29, 0.717) is 0 Å². The fourth-order valence-electron chi connectivity index (χ4n) is 3.88. The van der Waals surface area contributed by atoms with Crippen LogP contribution in [0.5, 0.6) is 0 Å². The number of aromatic nitrogens is 2. The Morgan fingerprint density at radius 1 is 0.973 bits per heavy atom. The molecule has 0 aliphatic carbocycles. The molecule has 37 heavy (non-hydrogen) atoms. The quantitative estimate of drug-likeness (QED) is 0.534. The average Bonchev–Trinajstić information content (AvgIpc) is 3.01. The van der Waals surface area contributed by atoms with Gasteiger partial charge in [-0.25, -0.2) is 18.1 Å². The number of anilines is 1. The Labute approximate surface area is 212 Å². The predicted octanol–water partition coefficient (Wildman–Crippen LogP) is 4.71. The van der Waals surface area contributed by atoms with E-state index in [1.165, 1.54) is 35.0 Å². The lowest BCUT2D eigenvalue weighted by Gasteiger charge is -2.30. The van der Waals surface area contributed by atoms with Gasteiger partial charge >= 0.3 is 5.69 Å². The summed E-state index contributed by atoms with van der Waals surface area (Å²) >= 11 is 0. The van der Waals surface area contributed by atoms with Crippen molar-refractivity contribution in [3.8, 4) is 5.69 Å². The second-order valence-corrected chi connectivity index (χ2v) is 10.2. The van der Waals surface area contributed by atoms with Crippen molar-refractivity contribution in [3.63, 3.8) is 0 Å². The summed E-state index contributed by atoms with van der Waals surface area (Å²) in [6.45, 7) is 10.9. The minimum absolute atomic E-state index is 0.0952. The summed E-state index contributed by atoms with van der Waals surface area (Å²) in [5.74, 6) is -2.04. The topological polar surface area (TPSA) is 91.6 Å². The molecule has 2 aromatic carbocycles. The lowest BCUT2D eigenvalue weighted by atomic mass is 9.90. The number of hydrogen-bond acceptors (Lipinski definition) is 5. The lowest BCUT2D eigenvalue weighted by Crippen LogP contribution is -2.42. The monoisotopic (exact) mass is 513 g/mol. The van der Waals surface area contributed by atoms with E-state index in [1.807, 2.05) is 27.7 Å². The number of carbonyl (C=O) groups is 1. The van der Waals surface area contributed by atoms with Gasteiger partial charge in [-0.15, -0.1) is 0 Å². The van der Waals surface area contributed by atoms with Crippen LogP contribution in [0, 0.1) is 11.6 Å². The minimum Gasteiger partial charge on any atom is -0.339 e. The van der Waals surface area contributed by atoms with Crippen LogP contribution in [0.1, 0.15) is 69.8 Å². The molecule has 1 aliphatic rings. The van der Waals surface area contributed by atoms with Crippen molar-refractivity contribution in [1.82, 2.24) is 9.13 Å². The van der Waals surface area contributed by atoms with Crippen LogP contribution in [0.4, 0.5) is 14.5 Å². The molecule has 1 N–H and O–H groups in total. The first kappa shape index (κ1) is 26.4. The maximum Gasteiger partial charge on any atom is 0.335 e. The highest BCUT2D eigenvalue weighted by Gasteiger charge is 2.50. The standard InChI is InChI=1S/C27H29F2N3O5/c1-15(2)31-14-20(23(34)32(25(31)35)18-10-7-16(28)8-11-18)22(33)30-17-9-12-19(21(29)13-17)24-36-26(3,4)27(5,6)37-24/h7-15,24H,1-6H3,(H,30,33). The van der Waals surface area contributed by atoms with Crippen LogP contribution in [0.15, 0.2) is 58.3 Å². The minimum atomic E-state index is -0.924. The van der Waals surface area contributed by atoms with E-state index in [-0.39, 0.29) is 28.5 Å².